The smallest absolute Gasteiger partial charge is 0.262 e. The van der Waals surface area contributed by atoms with E-state index in [4.69, 9.17) is 16.3 Å². The fourth-order valence-electron chi connectivity index (χ4n) is 4.27. The lowest BCUT2D eigenvalue weighted by Crippen LogP contribution is -2.50. The van der Waals surface area contributed by atoms with Gasteiger partial charge in [0.05, 0.1) is 35.3 Å². The number of thiophene rings is 1. The number of para-hydroxylation sites is 1. The Morgan fingerprint density at radius 2 is 1.85 bits per heavy atom. The maximum absolute atomic E-state index is 13.6. The summed E-state index contributed by atoms with van der Waals surface area (Å²) >= 11 is 7.01. The number of hydrogen-bond acceptors (Lipinski definition) is 8. The van der Waals surface area contributed by atoms with Crippen molar-refractivity contribution in [2.24, 2.45) is 5.92 Å². The molecule has 0 unspecified atom stereocenters. The minimum Gasteiger partial charge on any atom is -0.486 e. The fourth-order valence-corrected chi connectivity index (χ4v) is 7.85. The van der Waals surface area contributed by atoms with Crippen molar-refractivity contribution >= 4 is 54.6 Å². The number of aliphatic hydroxyl groups is 1. The lowest BCUT2D eigenvalue weighted by Gasteiger charge is -2.38. The average Bonchev–Trinajstić information content (AvgIpc) is 3.47. The molecular weight excluding hydrogens is 598 g/mol. The van der Waals surface area contributed by atoms with E-state index in [-0.39, 0.29) is 45.8 Å². The van der Waals surface area contributed by atoms with Gasteiger partial charge < -0.3 is 14.7 Å². The van der Waals surface area contributed by atoms with E-state index < -0.39 is 44.0 Å². The van der Waals surface area contributed by atoms with Crippen LogP contribution in [0.15, 0.2) is 69.1 Å². The highest BCUT2D eigenvalue weighted by atomic mass is 35.5. The predicted octanol–water partition coefficient (Wildman–Crippen LogP) is 3.74. The number of carbonyl (C=O) groups is 1. The van der Waals surface area contributed by atoms with Gasteiger partial charge in [-0.1, -0.05) is 30.7 Å². The van der Waals surface area contributed by atoms with Gasteiger partial charge in [-0.15, -0.1) is 11.3 Å². The van der Waals surface area contributed by atoms with Gasteiger partial charge in [0.2, 0.25) is 0 Å². The van der Waals surface area contributed by atoms with Crippen LogP contribution >= 0.6 is 22.9 Å². The van der Waals surface area contributed by atoms with Crippen LogP contribution in [0, 0.1) is 5.92 Å². The highest BCUT2D eigenvalue weighted by Crippen LogP contribution is 2.36. The predicted molar refractivity (Wildman–Crippen MR) is 154 cm³/mol. The molecule has 0 radical (unpaired) electrons. The second kappa shape index (κ2) is 12.0. The number of carbonyl (C=O) groups excluding carboxylic acids is 1. The van der Waals surface area contributed by atoms with Gasteiger partial charge in [-0.25, -0.2) is 16.8 Å². The number of anilines is 1. The largest absolute Gasteiger partial charge is 0.486 e. The molecule has 10 nitrogen and oxygen atoms in total. The van der Waals surface area contributed by atoms with E-state index >= 15 is 0 Å². The third-order valence-corrected chi connectivity index (χ3v) is 11.5. The third-order valence-electron chi connectivity index (χ3n) is 6.66. The van der Waals surface area contributed by atoms with Crippen molar-refractivity contribution in [2.75, 3.05) is 31.5 Å². The highest BCUT2D eigenvalue weighted by Gasteiger charge is 2.36. The van der Waals surface area contributed by atoms with E-state index in [0.717, 1.165) is 11.3 Å². The fraction of sp³-hybridized carbons (Fsp3) is 0.346. The number of benzene rings is 2. The van der Waals surface area contributed by atoms with E-state index in [9.17, 15) is 26.7 Å². The second-order valence-corrected chi connectivity index (χ2v) is 14.9. The molecule has 0 aliphatic carbocycles. The van der Waals surface area contributed by atoms with Gasteiger partial charge in [-0.05, 0) is 54.8 Å². The van der Waals surface area contributed by atoms with Gasteiger partial charge in [0.15, 0.2) is 5.75 Å². The normalized spacial score (nSPS) is 18.9. The number of nitrogens with one attached hydrogen (secondary N) is 1. The van der Waals surface area contributed by atoms with Crippen molar-refractivity contribution in [3.63, 3.8) is 0 Å². The van der Waals surface area contributed by atoms with Crippen LogP contribution in [-0.4, -0.2) is 75.9 Å². The zero-order valence-corrected chi connectivity index (χ0v) is 25.2. The number of halogens is 1. The molecule has 1 aliphatic heterocycles. The second-order valence-electron chi connectivity index (χ2n) is 9.58. The molecule has 0 fully saturated rings. The van der Waals surface area contributed by atoms with Crippen LogP contribution in [0.2, 0.25) is 5.02 Å². The summed E-state index contributed by atoms with van der Waals surface area (Å²) in [6.07, 6.45) is -0.777. The molecule has 1 aromatic heterocycles. The Hall–Kier alpha value is -2.68. The lowest BCUT2D eigenvalue weighted by molar-refractivity contribution is 0.0389. The van der Waals surface area contributed by atoms with E-state index in [2.05, 4.69) is 4.72 Å². The van der Waals surface area contributed by atoms with Crippen LogP contribution in [0.1, 0.15) is 24.2 Å². The third kappa shape index (κ3) is 6.29. The average molecular weight is 628 g/mol. The van der Waals surface area contributed by atoms with Crippen molar-refractivity contribution in [1.82, 2.24) is 9.21 Å². The van der Waals surface area contributed by atoms with Gasteiger partial charge in [-0.2, -0.15) is 4.31 Å². The SMILES string of the molecule is C[C@@H]1CN([C@@H](C)CO)C(=O)c2cccc(NS(=O)(=O)c3ccc(Cl)cc3)c2O[C@H]1CN(C)S(=O)(=O)c1cccs1. The first kappa shape index (κ1) is 30.3. The minimum absolute atomic E-state index is 0.0141. The summed E-state index contributed by atoms with van der Waals surface area (Å²) in [6.45, 7) is 3.32. The summed E-state index contributed by atoms with van der Waals surface area (Å²) in [6, 6.07) is 12.7. The maximum atomic E-state index is 13.6. The standard InChI is InChI=1S/C26H30ClN3O7S3/c1-17-14-30(18(2)16-31)26(32)21-6-4-7-22(28-39(33,34)20-11-9-19(27)10-12-20)25(21)37-23(17)15-29(3)40(35,36)24-8-5-13-38-24/h4-13,17-18,23,28,31H,14-16H2,1-3H3/t17-,18+,23+/m1/s1. The monoisotopic (exact) mass is 627 g/mol. The molecule has 3 aromatic rings. The molecule has 4 rings (SSSR count). The van der Waals surface area contributed by atoms with E-state index in [1.807, 2.05) is 6.92 Å². The first-order chi connectivity index (χ1) is 18.8. The van der Waals surface area contributed by atoms with Gasteiger partial charge in [0, 0.05) is 24.5 Å². The molecular formula is C26H30ClN3O7S3. The Morgan fingerprint density at radius 3 is 2.48 bits per heavy atom. The van der Waals surface area contributed by atoms with Gasteiger partial charge in [0.25, 0.3) is 26.0 Å². The Kier molecular flexibility index (Phi) is 9.12. The van der Waals surface area contributed by atoms with Crippen LogP contribution in [0.5, 0.6) is 5.75 Å². The van der Waals surface area contributed by atoms with Crippen molar-refractivity contribution in [1.29, 1.82) is 0 Å². The highest BCUT2D eigenvalue weighted by molar-refractivity contribution is 7.92. The van der Waals surface area contributed by atoms with Crippen molar-refractivity contribution in [3.05, 3.63) is 70.6 Å². The molecule has 0 bridgehead atoms. The first-order valence-corrected chi connectivity index (χ1v) is 16.5. The summed E-state index contributed by atoms with van der Waals surface area (Å²) in [7, 11) is -6.47. The number of ether oxygens (including phenoxy) is 1. The van der Waals surface area contributed by atoms with E-state index in [1.165, 1.54) is 64.8 Å². The van der Waals surface area contributed by atoms with E-state index in [0.29, 0.717) is 5.02 Å². The molecule has 1 amide bonds. The quantitative estimate of drug-likeness (QED) is 0.369. The summed E-state index contributed by atoms with van der Waals surface area (Å²) in [5.74, 6) is -0.874. The summed E-state index contributed by atoms with van der Waals surface area (Å²) < 4.78 is 63.0. The molecule has 0 saturated heterocycles. The Balaban J connectivity index is 1.76. The van der Waals surface area contributed by atoms with Crippen LogP contribution in [0.25, 0.3) is 0 Å². The van der Waals surface area contributed by atoms with Gasteiger partial charge in [-0.3, -0.25) is 9.52 Å². The Morgan fingerprint density at radius 1 is 1.15 bits per heavy atom. The molecule has 1 aliphatic rings. The molecule has 2 N–H and O–H groups in total. The molecule has 216 valence electrons. The lowest BCUT2D eigenvalue weighted by atomic mass is 9.99. The molecule has 40 heavy (non-hydrogen) atoms. The molecule has 2 heterocycles. The molecule has 2 aromatic carbocycles. The van der Waals surface area contributed by atoms with Gasteiger partial charge in [0.1, 0.15) is 10.3 Å². The summed E-state index contributed by atoms with van der Waals surface area (Å²) in [4.78, 5) is 15.1. The van der Waals surface area contributed by atoms with Gasteiger partial charge >= 0.3 is 0 Å². The Bertz CT molecular complexity index is 1560. The maximum Gasteiger partial charge on any atom is 0.262 e. The molecule has 0 saturated carbocycles. The minimum atomic E-state index is -4.10. The molecule has 14 heteroatoms. The van der Waals surface area contributed by atoms with Crippen LogP contribution in [0.3, 0.4) is 0 Å². The zero-order valence-electron chi connectivity index (χ0n) is 22.0. The number of hydrogen-bond donors (Lipinski definition) is 2. The molecule has 3 atom stereocenters. The topological polar surface area (TPSA) is 133 Å². The van der Waals surface area contributed by atoms with Crippen molar-refractivity contribution < 1.29 is 31.5 Å². The van der Waals surface area contributed by atoms with Crippen LogP contribution < -0.4 is 9.46 Å². The Labute approximate surface area is 243 Å². The summed E-state index contributed by atoms with van der Waals surface area (Å²) in [5.41, 5.74) is 0.0949. The molecule has 0 spiro atoms. The number of fused-ring (bicyclic) bond motifs is 1. The number of rotatable bonds is 9. The van der Waals surface area contributed by atoms with Crippen LogP contribution in [-0.2, 0) is 20.0 Å². The van der Waals surface area contributed by atoms with E-state index in [1.54, 1.807) is 18.4 Å². The summed E-state index contributed by atoms with van der Waals surface area (Å²) in [5, 5.41) is 11.9. The number of amides is 1. The first-order valence-electron chi connectivity index (χ1n) is 12.3. The number of sulfonamides is 2. The number of aliphatic hydroxyl groups excluding tert-OH is 1. The van der Waals surface area contributed by atoms with Crippen molar-refractivity contribution in [3.8, 4) is 5.75 Å². The van der Waals surface area contributed by atoms with Crippen LogP contribution in [0.4, 0.5) is 5.69 Å². The zero-order chi connectivity index (χ0) is 29.2. The van der Waals surface area contributed by atoms with Crippen molar-refractivity contribution in [2.45, 2.75) is 35.1 Å². The number of nitrogens with zero attached hydrogens (tertiary/aromatic N) is 2. The number of likely N-dealkylation sites (N-methyl/N-ethyl adjacent to an activating group) is 1.